The predicted molar refractivity (Wildman–Crippen MR) is 455 cm³/mol. The van der Waals surface area contributed by atoms with Gasteiger partial charge in [-0.3, -0.25) is 62.9 Å². The fourth-order valence-electron chi connectivity index (χ4n) is 19.4. The zero-order valence-electron chi connectivity index (χ0n) is 68.9. The van der Waals surface area contributed by atoms with Crippen LogP contribution in [0.5, 0.6) is 5.75 Å². The van der Waals surface area contributed by atoms with Crippen LogP contribution < -0.4 is 59.5 Å². The van der Waals surface area contributed by atoms with Gasteiger partial charge in [0.25, 0.3) is 23.8 Å². The zero-order valence-corrected chi connectivity index (χ0v) is 70.6. The molecular formula is C84H112N18O16S2. The van der Waals surface area contributed by atoms with Crippen LogP contribution in [0.15, 0.2) is 88.8 Å². The number of carbonyl (C=O) groups is 9. The van der Waals surface area contributed by atoms with E-state index in [4.69, 9.17) is 37.3 Å². The quantitative estimate of drug-likeness (QED) is 0.00292. The lowest BCUT2D eigenvalue weighted by Gasteiger charge is -2.63. The van der Waals surface area contributed by atoms with E-state index >= 15 is 4.79 Å². The minimum Gasteiger partial charge on any atom is -0.496 e. The SMILES string of the molecule is CC[C@]1(O)C[C@H]2CN(CCc3c([nH]c4ccccc34)[C@@](COC=O)(c3cc4c(cc3OC)N(C)[C@H]3[C@@](O)(C(=O)N(N)C(=O)OCCSSCCCC(=O)[C@H](C)NC(=O)[C@H](C)CC(=O)[C@H](CCCN=C(N)N)NC(=O)[C@H](C)CC(=O)CCCNC(=O)c5ccc(NCc6cnc7nc(N)[nH]c(=O)c7n6)cc5)[C@H](O)[C@]5(CC)C=CCN6CC[C@]43[C@@H]65)C2)C1. The van der Waals surface area contributed by atoms with Crippen LogP contribution >= 0.6 is 21.6 Å². The molecule has 5 amide bonds. The number of nitrogens with zero attached hydrogens (tertiary/aromatic N) is 8. The lowest BCUT2D eigenvalue weighted by molar-refractivity contribution is -0.209. The van der Waals surface area contributed by atoms with E-state index in [2.05, 4.69) is 73.1 Å². The Balaban J connectivity index is 0.608. The molecule has 6 aromatic rings. The van der Waals surface area contributed by atoms with Crippen LogP contribution in [-0.2, 0) is 66.8 Å². The number of likely N-dealkylation sites (N-methyl/N-ethyl adjacent to an activating group) is 1. The van der Waals surface area contributed by atoms with Crippen LogP contribution in [0.1, 0.15) is 157 Å². The predicted octanol–water partition coefficient (Wildman–Crippen LogP) is 4.48. The van der Waals surface area contributed by atoms with Crippen molar-refractivity contribution in [3.8, 4) is 5.75 Å². The number of piperidine rings is 1. The molecule has 14 atom stereocenters. The number of hydrazine groups is 1. The number of aliphatic imine (C=N–C) groups is 1. The molecule has 2 bridgehead atoms. The number of carbonyl (C=O) groups excluding carboxylic acids is 9. The minimum absolute atomic E-state index is 0.0497. The average Bonchev–Trinajstić information content (AvgIpc) is 1.47. The number of amides is 5. The van der Waals surface area contributed by atoms with Crippen molar-refractivity contribution in [2.45, 2.75) is 183 Å². The summed E-state index contributed by atoms with van der Waals surface area (Å²) in [6, 6.07) is 15.1. The Morgan fingerprint density at radius 1 is 0.875 bits per heavy atom. The van der Waals surface area contributed by atoms with Crippen molar-refractivity contribution >= 4 is 120 Å². The van der Waals surface area contributed by atoms with Gasteiger partial charge in [-0.25, -0.2) is 20.6 Å². The van der Waals surface area contributed by atoms with Gasteiger partial charge < -0.3 is 77.9 Å². The molecule has 646 valence electrons. The smallest absolute Gasteiger partial charge is 0.431 e. The Morgan fingerprint density at radius 3 is 2.37 bits per heavy atom. The van der Waals surface area contributed by atoms with Crippen LogP contribution in [0, 0.1) is 23.2 Å². The maximum absolute atomic E-state index is 15.5. The van der Waals surface area contributed by atoms with E-state index in [1.54, 1.807) is 52.3 Å². The molecule has 12 rings (SSSR count). The molecule has 17 N–H and O–H groups in total. The Labute approximate surface area is 703 Å². The number of aromatic amines is 2. The maximum atomic E-state index is 15.5. The first-order chi connectivity index (χ1) is 57.4. The molecule has 1 aliphatic carbocycles. The van der Waals surface area contributed by atoms with Gasteiger partial charge >= 0.3 is 6.09 Å². The third-order valence-corrected chi connectivity index (χ3v) is 27.6. The second-order valence-electron chi connectivity index (χ2n) is 33.0. The molecule has 0 radical (unpaired) electrons. The fraction of sp³-hybridized carbons (Fsp3) is 0.548. The number of fused-ring (bicyclic) bond motifs is 7. The monoisotopic (exact) mass is 1690 g/mol. The largest absolute Gasteiger partial charge is 0.496 e. The third-order valence-electron chi connectivity index (χ3n) is 25.2. The highest BCUT2D eigenvalue weighted by atomic mass is 33.1. The number of hydrogen-bond donors (Lipinski definition) is 13. The number of anilines is 3. The first-order valence-electron chi connectivity index (χ1n) is 41.1. The molecule has 2 saturated heterocycles. The molecule has 3 fully saturated rings. The molecule has 1 saturated carbocycles. The topological polar surface area (TPSA) is 507 Å². The normalized spacial score (nSPS) is 24.9. The number of rotatable bonds is 38. The number of para-hydroxylation sites is 1. The number of benzene rings is 3. The first kappa shape index (κ1) is 89.2. The summed E-state index contributed by atoms with van der Waals surface area (Å²) in [6.45, 7) is 12.2. The molecule has 3 aromatic carbocycles. The summed E-state index contributed by atoms with van der Waals surface area (Å²) in [4.78, 5) is 164. The Morgan fingerprint density at radius 2 is 1.62 bits per heavy atom. The Bertz CT molecular complexity index is 4950. The van der Waals surface area contributed by atoms with Crippen molar-refractivity contribution in [1.82, 2.24) is 55.7 Å². The van der Waals surface area contributed by atoms with Gasteiger partial charge in [-0.1, -0.05) is 79.6 Å². The summed E-state index contributed by atoms with van der Waals surface area (Å²) < 4.78 is 18.1. The number of aromatic nitrogens is 5. The summed E-state index contributed by atoms with van der Waals surface area (Å²) >= 11 is 0. The number of nitrogens with one attached hydrogen (secondary N) is 6. The van der Waals surface area contributed by atoms with Crippen LogP contribution in [0.4, 0.5) is 22.1 Å². The van der Waals surface area contributed by atoms with Crippen molar-refractivity contribution < 1.29 is 72.7 Å². The van der Waals surface area contributed by atoms with E-state index in [1.165, 1.54) is 34.7 Å². The Hall–Kier alpha value is -10.1. The maximum Gasteiger partial charge on any atom is 0.431 e. The fourth-order valence-corrected chi connectivity index (χ4v) is 21.4. The second-order valence-corrected chi connectivity index (χ2v) is 35.7. The van der Waals surface area contributed by atoms with E-state index in [0.717, 1.165) is 27.7 Å². The number of hydrogen-bond acceptors (Lipinski definition) is 28. The first-order valence-corrected chi connectivity index (χ1v) is 43.6. The summed E-state index contributed by atoms with van der Waals surface area (Å²) in [5, 5.41) is 51.8. The molecule has 8 heterocycles. The van der Waals surface area contributed by atoms with Crippen LogP contribution in [0.3, 0.4) is 0 Å². The molecule has 1 spiro atoms. The summed E-state index contributed by atoms with van der Waals surface area (Å²) in [5.41, 5.74) is 15.5. The van der Waals surface area contributed by atoms with Gasteiger partial charge in [-0.15, -0.1) is 0 Å². The number of nitrogens with two attached hydrogens (primary N) is 4. The van der Waals surface area contributed by atoms with Gasteiger partial charge in [-0.2, -0.15) is 9.99 Å². The second kappa shape index (κ2) is 37.9. The molecular weight excluding hydrogens is 1580 g/mol. The van der Waals surface area contributed by atoms with Gasteiger partial charge in [-0.05, 0) is 131 Å². The molecule has 1 unspecified atom stereocenters. The highest BCUT2D eigenvalue weighted by molar-refractivity contribution is 8.76. The van der Waals surface area contributed by atoms with E-state index in [0.29, 0.717) is 130 Å². The van der Waals surface area contributed by atoms with Gasteiger partial charge in [0.05, 0.1) is 54.7 Å². The number of imide groups is 1. The molecule has 6 aliphatic rings. The van der Waals surface area contributed by atoms with Crippen molar-refractivity contribution in [1.29, 1.82) is 0 Å². The van der Waals surface area contributed by atoms with E-state index in [9.17, 15) is 58.5 Å². The van der Waals surface area contributed by atoms with E-state index < -0.39 is 105 Å². The number of aliphatic hydroxyl groups excluding tert-OH is 1. The standard InChI is InChI=1S/C84H112N18O16S2/c1-8-80(114)40-51-41-82(46-117-47-103,67-57(25-31-100(44-51)45-80)56-17-10-11-18-60(56)95-67)59-38-58-62(39-65(59)116-7)99(6)74-83(58)27-32-101-30-15-26-81(9-2,73(83)101)75(111)84(74,115)76(112)102(88)79(113)118-33-35-120-119-34-14-20-63(105)50(5)93-69(107)49(4)37-64(106)61(19-13-29-90-77(85)86)96-70(108)48(3)36-55(104)16-12-28-89-71(109)52-21-23-53(24-22-52)91-42-54-43-92-68-66(94-54)72(110)98-78(87)97-68/h10-11,15,17-18,21-24,26,38-39,43,47-51,61,73-75,91,95,111,114-115H,8-9,12-14,16,19-20,25,27-37,40-42,44-46,88H2,1-7H3,(H,89,109)(H,93,107)(H,96,108)(H4,85,86,90)(H3,87,92,97,98,110)/t48-,49-,50+,51-,61+,73+,74-,75-,80+,81-,82+,83-,84+/m1/s1. The van der Waals surface area contributed by atoms with Crippen molar-refractivity contribution in [2.24, 2.45) is 45.5 Å². The number of aliphatic hydroxyl groups is 3. The van der Waals surface area contributed by atoms with Crippen molar-refractivity contribution in [3.05, 3.63) is 123 Å². The number of nitrogen functional groups attached to an aromatic ring is 1. The van der Waals surface area contributed by atoms with E-state index in [-0.39, 0.29) is 129 Å². The number of H-pyrrole nitrogens is 2. The lowest BCUT2D eigenvalue weighted by atomic mass is 9.47. The lowest BCUT2D eigenvalue weighted by Crippen LogP contribution is -2.82. The molecule has 5 aliphatic heterocycles. The summed E-state index contributed by atoms with van der Waals surface area (Å²) in [5.74, 6) is 1.98. The molecule has 34 nitrogen and oxygen atoms in total. The minimum atomic E-state index is -2.75. The summed E-state index contributed by atoms with van der Waals surface area (Å²) in [7, 11) is 6.09. The van der Waals surface area contributed by atoms with Gasteiger partial charge in [0.1, 0.15) is 30.9 Å². The number of Topliss-reactive ketones (excluding diaryl/α,β-unsaturated/α-hetero) is 3. The van der Waals surface area contributed by atoms with Crippen molar-refractivity contribution in [3.63, 3.8) is 0 Å². The number of methoxy groups -OCH3 is 1. The van der Waals surface area contributed by atoms with Crippen LogP contribution in [-0.4, -0.2) is 241 Å². The van der Waals surface area contributed by atoms with Crippen LogP contribution in [0.25, 0.3) is 22.1 Å². The highest BCUT2D eigenvalue weighted by Gasteiger charge is 2.79. The Kier molecular flexibility index (Phi) is 28.2. The highest BCUT2D eigenvalue weighted by Crippen LogP contribution is 2.68. The van der Waals surface area contributed by atoms with Crippen molar-refractivity contribution in [2.75, 3.05) is 101 Å². The van der Waals surface area contributed by atoms with Gasteiger partial charge in [0, 0.05) is 157 Å². The summed E-state index contributed by atoms with van der Waals surface area (Å²) in [6.07, 6.45) is 5.96. The van der Waals surface area contributed by atoms with Gasteiger partial charge in [0.2, 0.25) is 17.8 Å². The average molecular weight is 1690 g/mol. The van der Waals surface area contributed by atoms with Gasteiger partial charge in [0.15, 0.2) is 34.3 Å². The molecule has 3 aromatic heterocycles. The number of ether oxygens (including phenoxy) is 3. The van der Waals surface area contributed by atoms with E-state index in [1.807, 2.05) is 55.2 Å². The molecule has 120 heavy (non-hydrogen) atoms. The van der Waals surface area contributed by atoms with Crippen LogP contribution in [0.2, 0.25) is 0 Å². The number of ketones is 3. The zero-order chi connectivity index (χ0) is 86.2. The number of guanidine groups is 1. The molecule has 36 heteroatoms. The third kappa shape index (κ3) is 18.3.